The number of aryl methyl sites for hydroxylation is 1. The molecule has 0 saturated heterocycles. The standard InChI is InChI=1S/C8H7BrClF/c9-7-3-1-2-6(4-5-10)8(7)11/h1-3H,4-5H2. The van der Waals surface area contributed by atoms with Crippen LogP contribution >= 0.6 is 27.5 Å². The van der Waals surface area contributed by atoms with E-state index in [1.165, 1.54) is 0 Å². The molecule has 0 nitrogen and oxygen atoms in total. The van der Waals surface area contributed by atoms with E-state index in [1.807, 2.05) is 0 Å². The molecule has 0 radical (unpaired) electrons. The van der Waals surface area contributed by atoms with E-state index in [-0.39, 0.29) is 5.82 Å². The quantitative estimate of drug-likeness (QED) is 0.692. The van der Waals surface area contributed by atoms with Gasteiger partial charge in [0, 0.05) is 5.88 Å². The van der Waals surface area contributed by atoms with Crippen molar-refractivity contribution < 1.29 is 4.39 Å². The largest absolute Gasteiger partial charge is 0.205 e. The highest BCUT2D eigenvalue weighted by Crippen LogP contribution is 2.18. The molecule has 0 aromatic heterocycles. The van der Waals surface area contributed by atoms with E-state index in [1.54, 1.807) is 18.2 Å². The van der Waals surface area contributed by atoms with Crippen molar-refractivity contribution in [1.82, 2.24) is 0 Å². The van der Waals surface area contributed by atoms with Gasteiger partial charge >= 0.3 is 0 Å². The lowest BCUT2D eigenvalue weighted by Crippen LogP contribution is -1.91. The summed E-state index contributed by atoms with van der Waals surface area (Å²) < 4.78 is 13.6. The van der Waals surface area contributed by atoms with Crippen LogP contribution < -0.4 is 0 Å². The molecule has 0 atom stereocenters. The third-order valence-corrected chi connectivity index (χ3v) is 2.20. The van der Waals surface area contributed by atoms with Crippen LogP contribution in [0.1, 0.15) is 5.56 Å². The average Bonchev–Trinajstić information content (AvgIpc) is 1.99. The molecular formula is C8H7BrClF. The van der Waals surface area contributed by atoms with Gasteiger partial charge in [0.15, 0.2) is 0 Å². The van der Waals surface area contributed by atoms with Gasteiger partial charge in [-0.1, -0.05) is 12.1 Å². The number of halogens is 3. The molecule has 0 aliphatic carbocycles. The van der Waals surface area contributed by atoms with Crippen LogP contribution in [-0.2, 0) is 6.42 Å². The molecule has 0 N–H and O–H groups in total. The van der Waals surface area contributed by atoms with Gasteiger partial charge < -0.3 is 0 Å². The SMILES string of the molecule is Fc1c(Br)cccc1CCCl. The fourth-order valence-corrected chi connectivity index (χ4v) is 1.45. The Hall–Kier alpha value is -0.0800. The monoisotopic (exact) mass is 236 g/mol. The van der Waals surface area contributed by atoms with Crippen molar-refractivity contribution in [3.8, 4) is 0 Å². The number of hydrogen-bond donors (Lipinski definition) is 0. The van der Waals surface area contributed by atoms with E-state index in [9.17, 15) is 4.39 Å². The van der Waals surface area contributed by atoms with Gasteiger partial charge in [-0.15, -0.1) is 11.6 Å². The minimum Gasteiger partial charge on any atom is -0.205 e. The maximum atomic E-state index is 13.1. The molecule has 0 spiro atoms. The van der Waals surface area contributed by atoms with Crippen LogP contribution in [-0.4, -0.2) is 5.88 Å². The van der Waals surface area contributed by atoms with Gasteiger partial charge in [0.25, 0.3) is 0 Å². The third kappa shape index (κ3) is 2.17. The van der Waals surface area contributed by atoms with Crippen LogP contribution in [0.4, 0.5) is 4.39 Å². The highest BCUT2D eigenvalue weighted by molar-refractivity contribution is 9.10. The first-order chi connectivity index (χ1) is 5.25. The summed E-state index contributed by atoms with van der Waals surface area (Å²) >= 11 is 8.58. The van der Waals surface area contributed by atoms with Crippen LogP contribution in [0.25, 0.3) is 0 Å². The van der Waals surface area contributed by atoms with Crippen molar-refractivity contribution in [2.75, 3.05) is 5.88 Å². The number of hydrogen-bond acceptors (Lipinski definition) is 0. The zero-order chi connectivity index (χ0) is 8.27. The van der Waals surface area contributed by atoms with Crippen LogP contribution in [0.3, 0.4) is 0 Å². The number of alkyl halides is 1. The smallest absolute Gasteiger partial charge is 0.140 e. The summed E-state index contributed by atoms with van der Waals surface area (Å²) in [6.45, 7) is 0. The summed E-state index contributed by atoms with van der Waals surface area (Å²) in [4.78, 5) is 0. The van der Waals surface area contributed by atoms with Crippen LogP contribution in [0.5, 0.6) is 0 Å². The molecule has 0 unspecified atom stereocenters. The molecule has 0 aliphatic rings. The van der Waals surface area contributed by atoms with Crippen molar-refractivity contribution in [2.45, 2.75) is 6.42 Å². The molecule has 1 aromatic rings. The summed E-state index contributed by atoms with van der Waals surface area (Å²) in [6, 6.07) is 5.21. The minimum absolute atomic E-state index is 0.201. The van der Waals surface area contributed by atoms with Crippen molar-refractivity contribution in [1.29, 1.82) is 0 Å². The second-order valence-corrected chi connectivity index (χ2v) is 3.38. The van der Waals surface area contributed by atoms with Crippen LogP contribution in [0, 0.1) is 5.82 Å². The first-order valence-electron chi connectivity index (χ1n) is 3.24. The summed E-state index contributed by atoms with van der Waals surface area (Å²) in [6.07, 6.45) is 0.576. The lowest BCUT2D eigenvalue weighted by molar-refractivity contribution is 0.606. The fourth-order valence-electron chi connectivity index (χ4n) is 0.843. The molecule has 0 saturated carbocycles. The lowest BCUT2D eigenvalue weighted by Gasteiger charge is -2.00. The Kier molecular flexibility index (Phi) is 3.34. The lowest BCUT2D eigenvalue weighted by atomic mass is 10.2. The zero-order valence-electron chi connectivity index (χ0n) is 5.78. The van der Waals surface area contributed by atoms with Crippen molar-refractivity contribution in [3.05, 3.63) is 34.1 Å². The van der Waals surface area contributed by atoms with Crippen LogP contribution in [0.2, 0.25) is 0 Å². The van der Waals surface area contributed by atoms with Gasteiger partial charge in [0.1, 0.15) is 5.82 Å². The highest BCUT2D eigenvalue weighted by atomic mass is 79.9. The molecule has 0 bridgehead atoms. The Morgan fingerprint density at radius 1 is 1.45 bits per heavy atom. The van der Waals surface area contributed by atoms with E-state index in [0.717, 1.165) is 0 Å². The Morgan fingerprint density at radius 2 is 2.18 bits per heavy atom. The molecule has 60 valence electrons. The van der Waals surface area contributed by atoms with Gasteiger partial charge in [0.2, 0.25) is 0 Å². The van der Waals surface area contributed by atoms with Crippen molar-refractivity contribution in [3.63, 3.8) is 0 Å². The molecular weight excluding hydrogens is 230 g/mol. The van der Waals surface area contributed by atoms with Gasteiger partial charge in [0.05, 0.1) is 4.47 Å². The van der Waals surface area contributed by atoms with Gasteiger partial charge in [-0.3, -0.25) is 0 Å². The predicted octanol–water partition coefficient (Wildman–Crippen LogP) is 3.37. The molecule has 0 aliphatic heterocycles. The predicted molar refractivity (Wildman–Crippen MR) is 48.5 cm³/mol. The molecule has 1 rings (SSSR count). The average molecular weight is 237 g/mol. The second-order valence-electron chi connectivity index (χ2n) is 2.15. The topological polar surface area (TPSA) is 0 Å². The summed E-state index contributed by atoms with van der Waals surface area (Å²) in [5, 5.41) is 0. The molecule has 3 heteroatoms. The highest BCUT2D eigenvalue weighted by Gasteiger charge is 2.03. The molecule has 1 aromatic carbocycles. The van der Waals surface area contributed by atoms with Crippen molar-refractivity contribution >= 4 is 27.5 Å². The number of rotatable bonds is 2. The van der Waals surface area contributed by atoms with E-state index in [0.29, 0.717) is 22.3 Å². The first kappa shape index (κ1) is 9.01. The Labute approximate surface area is 78.5 Å². The van der Waals surface area contributed by atoms with E-state index < -0.39 is 0 Å². The Morgan fingerprint density at radius 3 is 2.82 bits per heavy atom. The zero-order valence-corrected chi connectivity index (χ0v) is 8.12. The fraction of sp³-hybridized carbons (Fsp3) is 0.250. The third-order valence-electron chi connectivity index (χ3n) is 1.40. The summed E-state index contributed by atoms with van der Waals surface area (Å²) in [5.74, 6) is 0.251. The van der Waals surface area contributed by atoms with Gasteiger partial charge in [-0.25, -0.2) is 4.39 Å². The minimum atomic E-state index is -0.201. The molecule has 11 heavy (non-hydrogen) atoms. The molecule has 0 fully saturated rings. The second kappa shape index (κ2) is 4.07. The number of benzene rings is 1. The molecule has 0 amide bonds. The first-order valence-corrected chi connectivity index (χ1v) is 4.57. The van der Waals surface area contributed by atoms with E-state index in [4.69, 9.17) is 11.6 Å². The van der Waals surface area contributed by atoms with E-state index in [2.05, 4.69) is 15.9 Å². The summed E-state index contributed by atoms with van der Waals surface area (Å²) in [7, 11) is 0. The van der Waals surface area contributed by atoms with Gasteiger partial charge in [-0.05, 0) is 34.0 Å². The Balaban J connectivity index is 2.96. The maximum absolute atomic E-state index is 13.1. The summed E-state index contributed by atoms with van der Waals surface area (Å²) in [5.41, 5.74) is 0.661. The van der Waals surface area contributed by atoms with Crippen LogP contribution in [0.15, 0.2) is 22.7 Å². The van der Waals surface area contributed by atoms with E-state index >= 15 is 0 Å². The Bertz CT molecular complexity index is 250. The normalized spacial score (nSPS) is 10.1. The van der Waals surface area contributed by atoms with Gasteiger partial charge in [-0.2, -0.15) is 0 Å². The molecule has 0 heterocycles. The maximum Gasteiger partial charge on any atom is 0.140 e. The van der Waals surface area contributed by atoms with Crippen molar-refractivity contribution in [2.24, 2.45) is 0 Å².